The lowest BCUT2D eigenvalue weighted by atomic mass is 9.95. The summed E-state index contributed by atoms with van der Waals surface area (Å²) in [4.78, 5) is 39.0. The fourth-order valence-corrected chi connectivity index (χ4v) is 3.00. The van der Waals surface area contributed by atoms with Gasteiger partial charge in [-0.15, -0.1) is 0 Å². The zero-order valence-electron chi connectivity index (χ0n) is 12.1. The molecule has 2 rings (SSSR count). The van der Waals surface area contributed by atoms with E-state index in [1.807, 2.05) is 6.92 Å². The van der Waals surface area contributed by atoms with Crippen molar-refractivity contribution in [3.8, 4) is 0 Å². The SMILES string of the molecule is CCN1CC(C(=O)N2CCC(C(=O)OC)CC2)CC1=O. The minimum absolute atomic E-state index is 0.0533. The van der Waals surface area contributed by atoms with Crippen molar-refractivity contribution in [3.05, 3.63) is 0 Å². The van der Waals surface area contributed by atoms with E-state index in [0.29, 0.717) is 45.4 Å². The molecule has 0 bridgehead atoms. The van der Waals surface area contributed by atoms with Gasteiger partial charge in [-0.2, -0.15) is 0 Å². The second-order valence-corrected chi connectivity index (χ2v) is 5.46. The molecule has 2 saturated heterocycles. The highest BCUT2D eigenvalue weighted by Crippen LogP contribution is 2.24. The molecule has 0 aromatic carbocycles. The molecule has 1 unspecified atom stereocenters. The summed E-state index contributed by atoms with van der Waals surface area (Å²) in [5, 5.41) is 0. The molecule has 2 aliphatic rings. The number of esters is 1. The predicted octanol–water partition coefficient (Wildman–Crippen LogP) is 0.266. The Hall–Kier alpha value is -1.59. The first-order valence-electron chi connectivity index (χ1n) is 7.21. The number of carbonyl (C=O) groups is 3. The Morgan fingerprint density at radius 2 is 1.90 bits per heavy atom. The molecule has 2 fully saturated rings. The summed E-state index contributed by atoms with van der Waals surface area (Å²) < 4.78 is 4.73. The van der Waals surface area contributed by atoms with E-state index in [0.717, 1.165) is 0 Å². The minimum atomic E-state index is -0.211. The third kappa shape index (κ3) is 2.94. The van der Waals surface area contributed by atoms with Gasteiger partial charge in [0.2, 0.25) is 11.8 Å². The van der Waals surface area contributed by atoms with Gasteiger partial charge >= 0.3 is 5.97 Å². The lowest BCUT2D eigenvalue weighted by Gasteiger charge is -2.32. The first-order chi connectivity index (χ1) is 9.56. The van der Waals surface area contributed by atoms with Crippen molar-refractivity contribution < 1.29 is 19.1 Å². The van der Waals surface area contributed by atoms with Gasteiger partial charge in [-0.05, 0) is 19.8 Å². The second kappa shape index (κ2) is 6.24. The standard InChI is InChI=1S/C14H22N2O4/c1-3-15-9-11(8-12(15)17)13(18)16-6-4-10(5-7-16)14(19)20-2/h10-11H,3-9H2,1-2H3. The van der Waals surface area contributed by atoms with Gasteiger partial charge in [-0.1, -0.05) is 0 Å². The maximum atomic E-state index is 12.4. The highest BCUT2D eigenvalue weighted by atomic mass is 16.5. The summed E-state index contributed by atoms with van der Waals surface area (Å²) in [5.74, 6) is -0.378. The third-order valence-corrected chi connectivity index (χ3v) is 4.29. The molecule has 0 spiro atoms. The molecular formula is C14H22N2O4. The Balaban J connectivity index is 1.86. The van der Waals surface area contributed by atoms with Crippen molar-refractivity contribution in [2.75, 3.05) is 33.3 Å². The highest BCUT2D eigenvalue weighted by molar-refractivity contribution is 5.89. The highest BCUT2D eigenvalue weighted by Gasteiger charge is 2.37. The van der Waals surface area contributed by atoms with Gasteiger partial charge < -0.3 is 14.5 Å². The van der Waals surface area contributed by atoms with E-state index in [-0.39, 0.29) is 29.6 Å². The van der Waals surface area contributed by atoms with Crippen molar-refractivity contribution in [2.45, 2.75) is 26.2 Å². The Morgan fingerprint density at radius 1 is 1.25 bits per heavy atom. The average molecular weight is 282 g/mol. The summed E-state index contributed by atoms with van der Waals surface area (Å²) in [5.41, 5.74) is 0. The molecule has 0 N–H and O–H groups in total. The molecule has 0 saturated carbocycles. The normalized spacial score (nSPS) is 24.1. The van der Waals surface area contributed by atoms with Gasteiger partial charge in [-0.25, -0.2) is 0 Å². The van der Waals surface area contributed by atoms with Gasteiger partial charge in [0, 0.05) is 32.6 Å². The van der Waals surface area contributed by atoms with Crippen LogP contribution in [0.2, 0.25) is 0 Å². The molecule has 1 atom stereocenters. The largest absolute Gasteiger partial charge is 0.469 e. The van der Waals surface area contributed by atoms with E-state index in [1.54, 1.807) is 9.80 Å². The number of rotatable bonds is 3. The number of amides is 2. The second-order valence-electron chi connectivity index (χ2n) is 5.46. The van der Waals surface area contributed by atoms with E-state index in [4.69, 9.17) is 4.74 Å². The Labute approximate surface area is 119 Å². The maximum Gasteiger partial charge on any atom is 0.308 e. The zero-order valence-corrected chi connectivity index (χ0v) is 12.1. The van der Waals surface area contributed by atoms with Gasteiger partial charge in [-0.3, -0.25) is 14.4 Å². The lowest BCUT2D eigenvalue weighted by molar-refractivity contribution is -0.149. The van der Waals surface area contributed by atoms with Crippen LogP contribution < -0.4 is 0 Å². The quantitative estimate of drug-likeness (QED) is 0.697. The summed E-state index contributed by atoms with van der Waals surface area (Å²) >= 11 is 0. The Morgan fingerprint density at radius 3 is 2.40 bits per heavy atom. The van der Waals surface area contributed by atoms with Gasteiger partial charge in [0.1, 0.15) is 0 Å². The number of methoxy groups -OCH3 is 1. The first-order valence-corrected chi connectivity index (χ1v) is 7.21. The van der Waals surface area contributed by atoms with E-state index in [1.165, 1.54) is 7.11 Å². The van der Waals surface area contributed by atoms with Crippen molar-refractivity contribution in [2.24, 2.45) is 11.8 Å². The van der Waals surface area contributed by atoms with Gasteiger partial charge in [0.05, 0.1) is 18.9 Å². The van der Waals surface area contributed by atoms with Gasteiger partial charge in [0.15, 0.2) is 0 Å². The van der Waals surface area contributed by atoms with Crippen LogP contribution in [0.1, 0.15) is 26.2 Å². The summed E-state index contributed by atoms with van der Waals surface area (Å²) in [7, 11) is 1.39. The molecule has 2 aliphatic heterocycles. The number of piperidine rings is 1. The van der Waals surface area contributed by atoms with E-state index in [9.17, 15) is 14.4 Å². The van der Waals surface area contributed by atoms with Crippen LogP contribution in [0.25, 0.3) is 0 Å². The maximum absolute atomic E-state index is 12.4. The Kier molecular flexibility index (Phi) is 4.62. The number of carbonyl (C=O) groups excluding carboxylic acids is 3. The van der Waals surface area contributed by atoms with Crippen LogP contribution in [0.5, 0.6) is 0 Å². The monoisotopic (exact) mass is 282 g/mol. The molecular weight excluding hydrogens is 260 g/mol. The molecule has 2 amide bonds. The van der Waals surface area contributed by atoms with Crippen LogP contribution in [-0.4, -0.2) is 60.9 Å². The molecule has 20 heavy (non-hydrogen) atoms. The van der Waals surface area contributed by atoms with E-state index < -0.39 is 0 Å². The number of hydrogen-bond acceptors (Lipinski definition) is 4. The van der Waals surface area contributed by atoms with Crippen LogP contribution in [0.3, 0.4) is 0 Å². The average Bonchev–Trinajstić information content (AvgIpc) is 2.87. The van der Waals surface area contributed by atoms with Crippen LogP contribution in [-0.2, 0) is 19.1 Å². The molecule has 0 aromatic rings. The molecule has 2 heterocycles. The summed E-state index contributed by atoms with van der Waals surface area (Å²) in [6.45, 7) is 4.27. The third-order valence-electron chi connectivity index (χ3n) is 4.29. The van der Waals surface area contributed by atoms with Crippen molar-refractivity contribution in [3.63, 3.8) is 0 Å². The lowest BCUT2D eigenvalue weighted by Crippen LogP contribution is -2.43. The number of hydrogen-bond donors (Lipinski definition) is 0. The zero-order chi connectivity index (χ0) is 14.7. The van der Waals surface area contributed by atoms with Crippen LogP contribution in [0.15, 0.2) is 0 Å². The van der Waals surface area contributed by atoms with E-state index in [2.05, 4.69) is 0 Å². The fourth-order valence-electron chi connectivity index (χ4n) is 3.00. The molecule has 0 radical (unpaired) electrons. The first kappa shape index (κ1) is 14.8. The van der Waals surface area contributed by atoms with Crippen LogP contribution in [0.4, 0.5) is 0 Å². The number of nitrogens with zero attached hydrogens (tertiary/aromatic N) is 2. The fraction of sp³-hybridized carbons (Fsp3) is 0.786. The Bertz CT molecular complexity index is 402. The minimum Gasteiger partial charge on any atom is -0.469 e. The molecule has 0 aliphatic carbocycles. The van der Waals surface area contributed by atoms with Crippen LogP contribution in [0, 0.1) is 11.8 Å². The molecule has 112 valence electrons. The number of ether oxygens (including phenoxy) is 1. The van der Waals surface area contributed by atoms with Crippen molar-refractivity contribution in [1.29, 1.82) is 0 Å². The summed E-state index contributed by atoms with van der Waals surface area (Å²) in [6, 6.07) is 0. The van der Waals surface area contributed by atoms with Gasteiger partial charge in [0.25, 0.3) is 0 Å². The van der Waals surface area contributed by atoms with Crippen LogP contribution >= 0.6 is 0 Å². The molecule has 6 heteroatoms. The molecule has 0 aromatic heterocycles. The van der Waals surface area contributed by atoms with Crippen molar-refractivity contribution >= 4 is 17.8 Å². The number of likely N-dealkylation sites (tertiary alicyclic amines) is 2. The predicted molar refractivity (Wildman–Crippen MR) is 71.7 cm³/mol. The summed E-state index contributed by atoms with van der Waals surface area (Å²) in [6.07, 6.45) is 1.62. The molecule has 6 nitrogen and oxygen atoms in total. The van der Waals surface area contributed by atoms with E-state index >= 15 is 0 Å². The smallest absolute Gasteiger partial charge is 0.308 e. The van der Waals surface area contributed by atoms with Crippen molar-refractivity contribution in [1.82, 2.24) is 9.80 Å². The topological polar surface area (TPSA) is 66.9 Å².